The monoisotopic (exact) mass is 490 g/mol. The van der Waals surface area contributed by atoms with Crippen molar-refractivity contribution < 1.29 is 27.8 Å². The number of hydrogen-bond donors (Lipinski definition) is 1. The lowest BCUT2D eigenvalue weighted by Crippen LogP contribution is -2.59. The Morgan fingerprint density at radius 1 is 0.861 bits per heavy atom. The predicted octanol–water partition coefficient (Wildman–Crippen LogP) is 5.82. The summed E-state index contributed by atoms with van der Waals surface area (Å²) in [6, 6.07) is 24.4. The van der Waals surface area contributed by atoms with Crippen molar-refractivity contribution in [2.24, 2.45) is 0 Å². The fourth-order valence-corrected chi connectivity index (χ4v) is 4.78. The van der Waals surface area contributed by atoms with E-state index in [2.05, 4.69) is 10.3 Å². The van der Waals surface area contributed by atoms with Crippen molar-refractivity contribution >= 4 is 34.0 Å². The molecule has 0 spiro atoms. The van der Waals surface area contributed by atoms with Gasteiger partial charge in [-0.25, -0.2) is 9.74 Å². The van der Waals surface area contributed by atoms with Gasteiger partial charge in [-0.2, -0.15) is 8.78 Å². The third-order valence-electron chi connectivity index (χ3n) is 6.39. The molecule has 4 aromatic carbocycles. The minimum Gasteiger partial charge on any atom is -0.293 e. The van der Waals surface area contributed by atoms with Gasteiger partial charge in [0.15, 0.2) is 6.04 Å². The number of nitrogens with zero attached hydrogens (tertiary/aromatic N) is 1. The van der Waals surface area contributed by atoms with E-state index in [0.717, 1.165) is 26.8 Å². The van der Waals surface area contributed by atoms with Gasteiger partial charge in [-0.15, -0.1) is 0 Å². The van der Waals surface area contributed by atoms with Gasteiger partial charge < -0.3 is 0 Å². The molecule has 0 aromatic heterocycles. The summed E-state index contributed by atoms with van der Waals surface area (Å²) in [5.41, 5.74) is 2.26. The maximum absolute atomic E-state index is 15.4. The molecule has 1 aliphatic carbocycles. The van der Waals surface area contributed by atoms with Crippen LogP contribution in [0.4, 0.5) is 24.7 Å². The molecule has 1 amide bonds. The number of nitrogens with one attached hydrogen (secondary N) is 1. The largest absolute Gasteiger partial charge is 0.419 e. The molecule has 0 aliphatic heterocycles. The molecule has 2 unspecified atom stereocenters. The molecule has 0 radical (unpaired) electrons. The zero-order valence-electron chi connectivity index (χ0n) is 18.9. The topological polar surface area (TPSA) is 58.6 Å². The van der Waals surface area contributed by atoms with Crippen LogP contribution in [-0.2, 0) is 21.0 Å². The molecule has 0 saturated carbocycles. The van der Waals surface area contributed by atoms with Crippen molar-refractivity contribution in [3.63, 3.8) is 0 Å². The first-order valence-corrected chi connectivity index (χ1v) is 11.3. The molecule has 4 aromatic rings. The van der Waals surface area contributed by atoms with E-state index in [0.29, 0.717) is 17.8 Å². The number of para-hydroxylation sites is 2. The molecule has 5 rings (SSSR count). The molecule has 36 heavy (non-hydrogen) atoms. The number of rotatable bonds is 7. The second-order valence-corrected chi connectivity index (χ2v) is 8.55. The number of alkyl halides is 2. The van der Waals surface area contributed by atoms with Crippen LogP contribution in [0.15, 0.2) is 97.1 Å². The minimum absolute atomic E-state index is 0.307. The molecule has 0 saturated heterocycles. The number of anilines is 2. The van der Waals surface area contributed by atoms with E-state index in [1.807, 2.05) is 24.3 Å². The smallest absolute Gasteiger partial charge is 0.293 e. The van der Waals surface area contributed by atoms with Gasteiger partial charge in [0.1, 0.15) is 0 Å². The van der Waals surface area contributed by atoms with Crippen LogP contribution >= 0.6 is 0 Å². The fraction of sp³-hybridized carbons (Fsp3) is 0.143. The van der Waals surface area contributed by atoms with Crippen LogP contribution < -0.4 is 10.2 Å². The van der Waals surface area contributed by atoms with E-state index in [1.165, 1.54) is 0 Å². The van der Waals surface area contributed by atoms with Crippen LogP contribution in [0.25, 0.3) is 10.8 Å². The number of benzene rings is 4. The highest BCUT2D eigenvalue weighted by Gasteiger charge is 2.56. The van der Waals surface area contributed by atoms with Crippen molar-refractivity contribution in [3.05, 3.63) is 108 Å². The van der Waals surface area contributed by atoms with Crippen molar-refractivity contribution in [2.75, 3.05) is 4.90 Å². The molecule has 1 N–H and O–H groups in total. The van der Waals surface area contributed by atoms with E-state index in [-0.39, 0.29) is 0 Å². The van der Waals surface area contributed by atoms with E-state index in [9.17, 15) is 14.1 Å². The van der Waals surface area contributed by atoms with Gasteiger partial charge in [0, 0.05) is 21.9 Å². The Morgan fingerprint density at radius 3 is 2.03 bits per heavy atom. The van der Waals surface area contributed by atoms with Gasteiger partial charge in [0.2, 0.25) is 0 Å². The van der Waals surface area contributed by atoms with Crippen molar-refractivity contribution in [3.8, 4) is 0 Å². The quantitative estimate of drug-likeness (QED) is 0.355. The Balaban J connectivity index is 1.59. The Kier molecular flexibility index (Phi) is 6.20. The highest BCUT2D eigenvalue weighted by atomic mass is 19.3. The number of halogens is 3. The summed E-state index contributed by atoms with van der Waals surface area (Å²) >= 11 is 0. The lowest BCUT2D eigenvalue weighted by molar-refractivity contribution is -0.215. The molecule has 5 nitrogen and oxygen atoms in total. The van der Waals surface area contributed by atoms with Gasteiger partial charge in [-0.05, 0) is 52.6 Å². The van der Waals surface area contributed by atoms with Crippen molar-refractivity contribution in [1.82, 2.24) is 5.32 Å². The van der Waals surface area contributed by atoms with E-state index in [1.54, 1.807) is 72.8 Å². The number of hydrogen-bond acceptors (Lipinski definition) is 4. The Bertz CT molecular complexity index is 1370. The predicted molar refractivity (Wildman–Crippen MR) is 129 cm³/mol. The number of amides is 1. The molecule has 0 fully saturated rings. The zero-order chi connectivity index (χ0) is 25.3. The van der Waals surface area contributed by atoms with Crippen LogP contribution in [0.5, 0.6) is 0 Å². The Morgan fingerprint density at radius 2 is 1.44 bits per heavy atom. The molecular formula is C28H21F3N2O3. The molecule has 182 valence electrons. The van der Waals surface area contributed by atoms with Crippen molar-refractivity contribution in [1.29, 1.82) is 0 Å². The summed E-state index contributed by atoms with van der Waals surface area (Å²) in [7, 11) is 0. The summed E-state index contributed by atoms with van der Waals surface area (Å²) in [6.07, 6.45) is 0.317. The van der Waals surface area contributed by atoms with E-state index < -0.39 is 29.9 Å². The van der Waals surface area contributed by atoms with Gasteiger partial charge in [0.05, 0.1) is 0 Å². The standard InChI is InChI=1S/C28H21F3N2O3/c29-28(30,27(35)36-31)25(32-23-17-19-11-7-9-18-10-8-16-22(23)24(18)19)26(34)33(20-12-3-1-4-13-20)21-14-5-2-6-15-21/h1-16,23,25,32H,17H2. The first-order valence-electron chi connectivity index (χ1n) is 11.3. The van der Waals surface area contributed by atoms with Gasteiger partial charge in [-0.3, -0.25) is 15.0 Å². The summed E-state index contributed by atoms with van der Waals surface area (Å²) in [5, 5.41) is 4.53. The fourth-order valence-electron chi connectivity index (χ4n) is 4.78. The van der Waals surface area contributed by atoms with Crippen molar-refractivity contribution in [2.45, 2.75) is 24.4 Å². The van der Waals surface area contributed by atoms with Crippen LogP contribution in [0.2, 0.25) is 0 Å². The first kappa shape index (κ1) is 23.6. The van der Waals surface area contributed by atoms with Crippen LogP contribution in [-0.4, -0.2) is 23.8 Å². The maximum atomic E-state index is 15.4. The SMILES string of the molecule is O=C(C(NC1Cc2cccc3cccc1c23)C(F)(F)C(=O)OF)N(c1ccccc1)c1ccccc1. The lowest BCUT2D eigenvalue weighted by atomic mass is 10.0. The Hall–Kier alpha value is -4.17. The normalized spacial score (nSPS) is 15.5. The average Bonchev–Trinajstić information content (AvgIpc) is 3.27. The first-order chi connectivity index (χ1) is 17.4. The number of carbonyl (C=O) groups is 2. The summed E-state index contributed by atoms with van der Waals surface area (Å²) in [4.78, 5) is 29.8. The Labute approximate surface area is 205 Å². The molecule has 0 heterocycles. The lowest BCUT2D eigenvalue weighted by Gasteiger charge is -2.32. The average molecular weight is 490 g/mol. The van der Waals surface area contributed by atoms with E-state index in [4.69, 9.17) is 0 Å². The van der Waals surface area contributed by atoms with Crippen LogP contribution in [0.3, 0.4) is 0 Å². The number of carbonyl (C=O) groups excluding carboxylic acids is 2. The molecule has 2 atom stereocenters. The molecule has 0 bridgehead atoms. The van der Waals surface area contributed by atoms with Gasteiger partial charge in [-0.1, -0.05) is 72.8 Å². The minimum atomic E-state index is -4.50. The van der Waals surface area contributed by atoms with Gasteiger partial charge in [0.25, 0.3) is 5.91 Å². The van der Waals surface area contributed by atoms with E-state index >= 15 is 8.78 Å². The maximum Gasteiger partial charge on any atom is 0.419 e. The summed E-state index contributed by atoms with van der Waals surface area (Å²) < 4.78 is 43.5. The molecule has 8 heteroatoms. The third-order valence-corrected chi connectivity index (χ3v) is 6.39. The van der Waals surface area contributed by atoms with Gasteiger partial charge >= 0.3 is 11.9 Å². The molecular weight excluding hydrogens is 469 g/mol. The highest BCUT2D eigenvalue weighted by Crippen LogP contribution is 2.39. The highest BCUT2D eigenvalue weighted by molar-refractivity contribution is 6.06. The summed E-state index contributed by atoms with van der Waals surface area (Å²) in [5.74, 6) is -8.08. The third kappa shape index (κ3) is 4.09. The van der Waals surface area contributed by atoms with Crippen LogP contribution in [0.1, 0.15) is 17.2 Å². The zero-order valence-corrected chi connectivity index (χ0v) is 18.9. The summed E-state index contributed by atoms with van der Waals surface area (Å²) in [6.45, 7) is 0. The molecule has 1 aliphatic rings. The second kappa shape index (κ2) is 9.47. The van der Waals surface area contributed by atoms with Crippen LogP contribution in [0, 0.1) is 0 Å². The second-order valence-electron chi connectivity index (χ2n) is 8.55.